The number of cyclic esters (lactones) is 1. The van der Waals surface area contributed by atoms with Crippen LogP contribution in [0.4, 0.5) is 0 Å². The lowest BCUT2D eigenvalue weighted by Gasteiger charge is -2.77. The van der Waals surface area contributed by atoms with Gasteiger partial charge in [-0.25, -0.2) is 4.79 Å². The molecule has 4 heterocycles. The number of hydrogen-bond donors (Lipinski definition) is 1. The quantitative estimate of drug-likeness (QED) is 0.310. The van der Waals surface area contributed by atoms with Crippen LogP contribution in [0.15, 0.2) is 23.0 Å². The summed E-state index contributed by atoms with van der Waals surface area (Å²) in [7, 11) is 1.12. The molecule has 4 aliphatic carbocycles. The van der Waals surface area contributed by atoms with Crippen molar-refractivity contribution in [2.45, 2.75) is 134 Å². The van der Waals surface area contributed by atoms with Crippen molar-refractivity contribution in [2.24, 2.45) is 28.1 Å². The number of methoxy groups -OCH3 is 1. The third kappa shape index (κ3) is 3.79. The van der Waals surface area contributed by atoms with Gasteiger partial charge in [-0.1, -0.05) is 20.8 Å². The zero-order valence-electron chi connectivity index (χ0n) is 31.4. The van der Waals surface area contributed by atoms with Crippen molar-refractivity contribution < 1.29 is 80.9 Å². The molecule has 7 aliphatic rings. The van der Waals surface area contributed by atoms with Gasteiger partial charge in [0.15, 0.2) is 6.10 Å². The van der Waals surface area contributed by atoms with Crippen molar-refractivity contribution in [1.29, 1.82) is 0 Å². The van der Waals surface area contributed by atoms with E-state index >= 15 is 0 Å². The van der Waals surface area contributed by atoms with Gasteiger partial charge in [0.05, 0.1) is 31.5 Å². The fourth-order valence-electron chi connectivity index (χ4n) is 13.2. The first kappa shape index (κ1) is 36.9. The van der Waals surface area contributed by atoms with Crippen molar-refractivity contribution in [3.05, 3.63) is 24.2 Å². The molecule has 15 atom stereocenters. The van der Waals surface area contributed by atoms with Crippen molar-refractivity contribution in [2.75, 3.05) is 7.11 Å². The molecular formula is C37H44O17. The van der Waals surface area contributed by atoms with Crippen LogP contribution in [-0.4, -0.2) is 101 Å². The van der Waals surface area contributed by atoms with E-state index in [4.69, 9.17) is 47.0 Å². The predicted octanol–water partition coefficient (Wildman–Crippen LogP) is 1.95. The molecule has 17 heteroatoms. The molecule has 17 nitrogen and oxygen atoms in total. The molecule has 4 saturated carbocycles. The Morgan fingerprint density at radius 2 is 1.57 bits per heavy atom. The SMILES string of the molecule is COC(=O)[C@@H](OC(C)=O)[C@H]1[C@@]2(C)C[C@@]34O[C@]5(C)O[C@]6([C@@H]7CC(=O)O[C@@H](c8ccoc8)[C@]7(C)[C@@H](OC(C)=O)C[C@]6(O5)[C@]13C)[C@H](OC(C)=O)[C@@]4(OC(C)=O)[C@H]2O. The number of ether oxygens (including phenoxy) is 9. The van der Waals surface area contributed by atoms with Gasteiger partial charge >= 0.3 is 35.8 Å². The minimum atomic E-state index is -2.30. The summed E-state index contributed by atoms with van der Waals surface area (Å²) in [6.45, 7) is 11.2. The fraction of sp³-hybridized carbons (Fsp3) is 0.730. The van der Waals surface area contributed by atoms with Crippen LogP contribution in [0.25, 0.3) is 0 Å². The first-order valence-electron chi connectivity index (χ1n) is 17.9. The normalized spacial score (nSPS) is 49.2. The molecule has 3 saturated heterocycles. The minimum absolute atomic E-state index is 0.165. The Labute approximate surface area is 309 Å². The molecule has 0 aromatic carbocycles. The van der Waals surface area contributed by atoms with E-state index < -0.39 is 129 Å². The molecule has 0 radical (unpaired) electrons. The summed E-state index contributed by atoms with van der Waals surface area (Å²) < 4.78 is 62.6. The van der Waals surface area contributed by atoms with E-state index in [0.717, 1.165) is 27.9 Å². The second-order valence-electron chi connectivity index (χ2n) is 16.7. The van der Waals surface area contributed by atoms with Crippen LogP contribution in [0.5, 0.6) is 0 Å². The first-order valence-corrected chi connectivity index (χ1v) is 17.9. The van der Waals surface area contributed by atoms with Crippen molar-refractivity contribution in [3.8, 4) is 0 Å². The maximum Gasteiger partial charge on any atom is 0.347 e. The first-order chi connectivity index (χ1) is 25.1. The van der Waals surface area contributed by atoms with Crippen LogP contribution in [0.1, 0.15) is 86.3 Å². The molecule has 1 aromatic heterocycles. The number of carbonyl (C=O) groups is 6. The number of hydrogen-bond acceptors (Lipinski definition) is 17. The zero-order valence-corrected chi connectivity index (χ0v) is 31.4. The molecule has 7 fully saturated rings. The second-order valence-corrected chi connectivity index (χ2v) is 16.7. The zero-order chi connectivity index (χ0) is 39.4. The topological polar surface area (TPSA) is 219 Å². The largest absolute Gasteiger partial charge is 0.472 e. The van der Waals surface area contributed by atoms with Crippen molar-refractivity contribution in [1.82, 2.24) is 0 Å². The highest BCUT2D eigenvalue weighted by Gasteiger charge is 3.06. The Hall–Kier alpha value is -4.06. The summed E-state index contributed by atoms with van der Waals surface area (Å²) in [5.41, 5.74) is -12.6. The van der Waals surface area contributed by atoms with Gasteiger partial charge in [-0.2, -0.15) is 0 Å². The monoisotopic (exact) mass is 760 g/mol. The van der Waals surface area contributed by atoms with Crippen LogP contribution in [0, 0.1) is 28.1 Å². The lowest BCUT2D eigenvalue weighted by Crippen LogP contribution is -2.95. The Balaban J connectivity index is 1.53. The van der Waals surface area contributed by atoms with Crippen LogP contribution in [0.3, 0.4) is 0 Å². The van der Waals surface area contributed by atoms with Gasteiger partial charge in [0.1, 0.15) is 35.1 Å². The molecule has 8 rings (SSSR count). The molecule has 0 amide bonds. The van der Waals surface area contributed by atoms with E-state index in [-0.39, 0.29) is 12.8 Å². The predicted molar refractivity (Wildman–Crippen MR) is 172 cm³/mol. The Morgan fingerprint density at radius 3 is 2.15 bits per heavy atom. The number of fused-ring (bicyclic) bond motifs is 3. The third-order valence-electron chi connectivity index (χ3n) is 14.2. The van der Waals surface area contributed by atoms with E-state index in [1.807, 2.05) is 0 Å². The standard InChI is InChI=1S/C37H44O17/c1-16(38)47-22-13-34-32(7)25(24(27(43)45-9)48-17(2)39)30(5)15-35(32)37(28(30)44,51-19(4)41)29(49-18(3)40)36(34,54-33(8,52-34)53-35)21-12-23(42)50-26(31(21,22)6)20-10-11-46-14-20/h10-11,14,21-22,24-26,28-29,44H,12-13,15H2,1-9H3/t21-,22+,24+,25+,26+,28+,29+,30-,31+,32+,33-,34+,35-,36-,37+/m1/s1. The van der Waals surface area contributed by atoms with E-state index in [0.29, 0.717) is 5.56 Å². The number of aliphatic hydroxyl groups is 1. The smallest absolute Gasteiger partial charge is 0.347 e. The molecule has 1 aromatic rings. The van der Waals surface area contributed by atoms with Gasteiger partial charge in [-0.15, -0.1) is 0 Å². The molecule has 1 N–H and O–H groups in total. The van der Waals surface area contributed by atoms with E-state index in [1.165, 1.54) is 26.4 Å². The van der Waals surface area contributed by atoms with Gasteiger partial charge in [0.2, 0.25) is 11.7 Å². The lowest BCUT2D eigenvalue weighted by atomic mass is 9.32. The minimum Gasteiger partial charge on any atom is -0.472 e. The average Bonchev–Trinajstić information content (AvgIpc) is 3.75. The number of esters is 6. The summed E-state index contributed by atoms with van der Waals surface area (Å²) in [4.78, 5) is 80.7. The molecular weight excluding hydrogens is 716 g/mol. The molecule has 3 aliphatic heterocycles. The van der Waals surface area contributed by atoms with Gasteiger partial charge in [0.25, 0.3) is 5.97 Å². The van der Waals surface area contributed by atoms with Crippen LogP contribution in [-0.2, 0) is 71.4 Å². The molecule has 54 heavy (non-hydrogen) atoms. The third-order valence-corrected chi connectivity index (χ3v) is 14.2. The van der Waals surface area contributed by atoms with Gasteiger partial charge in [-0.3, -0.25) is 24.0 Å². The maximum atomic E-state index is 14.0. The Morgan fingerprint density at radius 1 is 0.907 bits per heavy atom. The van der Waals surface area contributed by atoms with E-state index in [2.05, 4.69) is 0 Å². The van der Waals surface area contributed by atoms with Crippen LogP contribution in [0.2, 0.25) is 0 Å². The van der Waals surface area contributed by atoms with Gasteiger partial charge < -0.3 is 52.2 Å². The number of furan rings is 1. The highest BCUT2D eigenvalue weighted by Crippen LogP contribution is 2.90. The van der Waals surface area contributed by atoms with E-state index in [1.54, 1.807) is 26.8 Å². The summed E-state index contributed by atoms with van der Waals surface area (Å²) >= 11 is 0. The Bertz CT molecular complexity index is 1880. The summed E-state index contributed by atoms with van der Waals surface area (Å²) in [6, 6.07) is 1.60. The summed E-state index contributed by atoms with van der Waals surface area (Å²) in [5.74, 6) is -9.45. The van der Waals surface area contributed by atoms with E-state index in [9.17, 15) is 33.9 Å². The van der Waals surface area contributed by atoms with Gasteiger partial charge in [0, 0.05) is 69.3 Å². The maximum absolute atomic E-state index is 14.0. The highest BCUT2D eigenvalue weighted by atomic mass is 16.9. The molecule has 0 unspecified atom stereocenters. The summed E-state index contributed by atoms with van der Waals surface area (Å²) in [6.07, 6.45) is -5.66. The average molecular weight is 761 g/mol. The molecule has 2 spiro atoms. The van der Waals surface area contributed by atoms with Gasteiger partial charge in [-0.05, 0) is 12.5 Å². The van der Waals surface area contributed by atoms with Crippen LogP contribution < -0.4 is 0 Å². The van der Waals surface area contributed by atoms with Crippen molar-refractivity contribution in [3.63, 3.8) is 0 Å². The number of carbonyl (C=O) groups excluding carboxylic acids is 6. The number of rotatable bonds is 7. The number of aliphatic hydroxyl groups excluding tert-OH is 1. The molecule has 4 bridgehead atoms. The van der Waals surface area contributed by atoms with Crippen molar-refractivity contribution >= 4 is 35.8 Å². The lowest BCUT2D eigenvalue weighted by molar-refractivity contribution is -0.482. The second kappa shape index (κ2) is 10.8. The molecule has 294 valence electrons. The Kier molecular flexibility index (Phi) is 7.39. The van der Waals surface area contributed by atoms with Crippen LogP contribution >= 0.6 is 0 Å². The fourth-order valence-corrected chi connectivity index (χ4v) is 13.2. The summed E-state index contributed by atoms with van der Waals surface area (Å²) in [5, 5.41) is 13.0. The highest BCUT2D eigenvalue weighted by molar-refractivity contribution is 5.80.